The summed E-state index contributed by atoms with van der Waals surface area (Å²) in [5, 5.41) is 14.8. The van der Waals surface area contributed by atoms with E-state index in [2.05, 4.69) is 27.4 Å². The lowest BCUT2D eigenvalue weighted by molar-refractivity contribution is -0.116. The Bertz CT molecular complexity index is 1160. The van der Waals surface area contributed by atoms with Gasteiger partial charge in [0.05, 0.1) is 0 Å². The van der Waals surface area contributed by atoms with Crippen molar-refractivity contribution in [3.8, 4) is 23.3 Å². The molecule has 0 unspecified atom stereocenters. The van der Waals surface area contributed by atoms with E-state index in [4.69, 9.17) is 4.42 Å². The van der Waals surface area contributed by atoms with Crippen LogP contribution >= 0.6 is 11.3 Å². The molecule has 0 aliphatic rings. The second-order valence-electron chi connectivity index (χ2n) is 6.26. The van der Waals surface area contributed by atoms with Crippen molar-refractivity contribution >= 4 is 22.9 Å². The number of carbonyl (C=O) groups is 1. The first-order valence-corrected chi connectivity index (χ1v) is 10.0. The predicted octanol–water partition coefficient (Wildman–Crippen LogP) is 4.77. The van der Waals surface area contributed by atoms with Gasteiger partial charge in [-0.2, -0.15) is 11.3 Å². The number of nitrogens with zero attached hydrogens (tertiary/aromatic N) is 2. The zero-order valence-electron chi connectivity index (χ0n) is 15.5. The highest BCUT2D eigenvalue weighted by Gasteiger charge is 2.11. The summed E-state index contributed by atoms with van der Waals surface area (Å²) in [4.78, 5) is 12.3. The third-order valence-electron chi connectivity index (χ3n) is 4.07. The summed E-state index contributed by atoms with van der Waals surface area (Å²) in [7, 11) is 0. The Hall–Kier alpha value is -3.69. The molecule has 0 atom stereocenters. The minimum atomic E-state index is -0.117. The number of hydrogen-bond acceptors (Lipinski definition) is 5. The number of nitrogens with one attached hydrogen (secondary N) is 1. The van der Waals surface area contributed by atoms with Crippen LogP contribution in [0.5, 0.6) is 0 Å². The van der Waals surface area contributed by atoms with Crippen LogP contribution in [0.3, 0.4) is 0 Å². The summed E-state index contributed by atoms with van der Waals surface area (Å²) >= 11 is 1.56. The van der Waals surface area contributed by atoms with Gasteiger partial charge in [0.2, 0.25) is 17.7 Å². The lowest BCUT2D eigenvalue weighted by Crippen LogP contribution is -2.12. The first kappa shape index (κ1) is 18.7. The maximum Gasteiger partial charge on any atom is 0.248 e. The summed E-state index contributed by atoms with van der Waals surface area (Å²) in [6, 6.07) is 19.2. The molecule has 0 aliphatic carbocycles. The van der Waals surface area contributed by atoms with Gasteiger partial charge in [0.1, 0.15) is 0 Å². The SMILES string of the molecule is O=C(CCc1nnc(-c2ccsc2)o1)Nc1cccc(C#Cc2ccccc2)c1. The smallest absolute Gasteiger partial charge is 0.248 e. The summed E-state index contributed by atoms with van der Waals surface area (Å²) in [5.41, 5.74) is 3.39. The highest BCUT2D eigenvalue weighted by atomic mass is 32.1. The fourth-order valence-corrected chi connectivity index (χ4v) is 3.27. The van der Waals surface area contributed by atoms with E-state index >= 15 is 0 Å². The van der Waals surface area contributed by atoms with Crippen molar-refractivity contribution < 1.29 is 9.21 Å². The molecule has 29 heavy (non-hydrogen) atoms. The van der Waals surface area contributed by atoms with Crippen LogP contribution in [-0.4, -0.2) is 16.1 Å². The maximum atomic E-state index is 12.3. The summed E-state index contributed by atoms with van der Waals surface area (Å²) in [5.74, 6) is 7.04. The van der Waals surface area contributed by atoms with Gasteiger partial charge in [-0.1, -0.05) is 36.1 Å². The molecule has 2 aromatic heterocycles. The van der Waals surface area contributed by atoms with Gasteiger partial charge in [-0.15, -0.1) is 10.2 Å². The van der Waals surface area contributed by atoms with E-state index < -0.39 is 0 Å². The average Bonchev–Trinajstić information content (AvgIpc) is 3.44. The number of rotatable bonds is 5. The second-order valence-corrected chi connectivity index (χ2v) is 7.04. The Kier molecular flexibility index (Phi) is 5.79. The Balaban J connectivity index is 1.33. The van der Waals surface area contributed by atoms with Crippen molar-refractivity contribution in [1.29, 1.82) is 0 Å². The molecule has 0 aliphatic heterocycles. The standard InChI is InChI=1S/C23H17N3O2S/c27-21(11-12-22-25-26-23(28-22)19-13-14-29-16-19)24-20-8-4-7-18(15-20)10-9-17-5-2-1-3-6-17/h1-8,13-16H,11-12H2,(H,24,27). The lowest BCUT2D eigenvalue weighted by Gasteiger charge is -2.04. The third-order valence-corrected chi connectivity index (χ3v) is 4.76. The van der Waals surface area contributed by atoms with Crippen molar-refractivity contribution in [2.75, 3.05) is 5.32 Å². The van der Waals surface area contributed by atoms with Gasteiger partial charge in [0.25, 0.3) is 0 Å². The number of amides is 1. The van der Waals surface area contributed by atoms with Crippen LogP contribution in [0, 0.1) is 11.8 Å². The van der Waals surface area contributed by atoms with Crippen molar-refractivity contribution in [2.24, 2.45) is 0 Å². The van der Waals surface area contributed by atoms with E-state index in [-0.39, 0.29) is 12.3 Å². The minimum Gasteiger partial charge on any atom is -0.421 e. The Morgan fingerprint density at radius 1 is 1.00 bits per heavy atom. The molecule has 0 saturated carbocycles. The van der Waals surface area contributed by atoms with Gasteiger partial charge in [0.15, 0.2) is 0 Å². The molecule has 0 spiro atoms. The molecule has 4 aromatic rings. The molecule has 2 aromatic carbocycles. The van der Waals surface area contributed by atoms with Crippen molar-refractivity contribution in [1.82, 2.24) is 10.2 Å². The van der Waals surface area contributed by atoms with Crippen LogP contribution in [0.25, 0.3) is 11.5 Å². The molecule has 1 amide bonds. The highest BCUT2D eigenvalue weighted by molar-refractivity contribution is 7.08. The fraction of sp³-hybridized carbons (Fsp3) is 0.0870. The third kappa shape index (κ3) is 5.18. The molecule has 0 bridgehead atoms. The second kappa shape index (κ2) is 9.00. The van der Waals surface area contributed by atoms with E-state index in [0.717, 1.165) is 16.7 Å². The van der Waals surface area contributed by atoms with Gasteiger partial charge >= 0.3 is 0 Å². The molecule has 0 saturated heterocycles. The first-order chi connectivity index (χ1) is 14.3. The molecule has 0 radical (unpaired) electrons. The topological polar surface area (TPSA) is 68.0 Å². The number of carbonyl (C=O) groups excluding carboxylic acids is 1. The molecular weight excluding hydrogens is 382 g/mol. The number of thiophene rings is 1. The number of anilines is 1. The largest absolute Gasteiger partial charge is 0.421 e. The van der Waals surface area contributed by atoms with Gasteiger partial charge in [0, 0.05) is 40.6 Å². The molecular formula is C23H17N3O2S. The van der Waals surface area contributed by atoms with E-state index in [1.54, 1.807) is 11.3 Å². The lowest BCUT2D eigenvalue weighted by atomic mass is 10.1. The van der Waals surface area contributed by atoms with Crippen LogP contribution in [0.4, 0.5) is 5.69 Å². The zero-order chi connectivity index (χ0) is 19.9. The zero-order valence-corrected chi connectivity index (χ0v) is 16.3. The fourth-order valence-electron chi connectivity index (χ4n) is 2.64. The first-order valence-electron chi connectivity index (χ1n) is 9.08. The Labute approximate surface area is 172 Å². The van der Waals surface area contributed by atoms with Gasteiger partial charge < -0.3 is 9.73 Å². The van der Waals surface area contributed by atoms with Crippen molar-refractivity contribution in [3.05, 3.63) is 88.4 Å². The van der Waals surface area contributed by atoms with E-state index in [0.29, 0.717) is 23.9 Å². The van der Waals surface area contributed by atoms with Gasteiger partial charge in [-0.05, 0) is 41.8 Å². The molecule has 5 nitrogen and oxygen atoms in total. The maximum absolute atomic E-state index is 12.3. The molecule has 6 heteroatoms. The van der Waals surface area contributed by atoms with Crippen molar-refractivity contribution in [2.45, 2.75) is 12.8 Å². The highest BCUT2D eigenvalue weighted by Crippen LogP contribution is 2.21. The Morgan fingerprint density at radius 3 is 2.66 bits per heavy atom. The van der Waals surface area contributed by atoms with Crippen molar-refractivity contribution in [3.63, 3.8) is 0 Å². The number of aromatic nitrogens is 2. The normalized spacial score (nSPS) is 10.2. The average molecular weight is 399 g/mol. The van der Waals surface area contributed by atoms with Crippen LogP contribution in [0.1, 0.15) is 23.4 Å². The van der Waals surface area contributed by atoms with Gasteiger partial charge in [-0.3, -0.25) is 4.79 Å². The van der Waals surface area contributed by atoms with Crippen LogP contribution in [-0.2, 0) is 11.2 Å². The van der Waals surface area contributed by atoms with Crippen LogP contribution in [0.15, 0.2) is 75.8 Å². The predicted molar refractivity (Wildman–Crippen MR) is 113 cm³/mol. The van der Waals surface area contributed by atoms with Crippen LogP contribution < -0.4 is 5.32 Å². The molecule has 142 valence electrons. The number of hydrogen-bond donors (Lipinski definition) is 1. The quantitative estimate of drug-likeness (QED) is 0.491. The molecule has 1 N–H and O–H groups in total. The van der Waals surface area contributed by atoms with Gasteiger partial charge in [-0.25, -0.2) is 0 Å². The van der Waals surface area contributed by atoms with E-state index in [1.807, 2.05) is 71.4 Å². The summed E-state index contributed by atoms with van der Waals surface area (Å²) in [6.45, 7) is 0. The Morgan fingerprint density at radius 2 is 1.83 bits per heavy atom. The summed E-state index contributed by atoms with van der Waals surface area (Å²) < 4.78 is 5.61. The molecule has 0 fully saturated rings. The monoisotopic (exact) mass is 399 g/mol. The number of aryl methyl sites for hydroxylation is 1. The minimum absolute atomic E-state index is 0.117. The number of benzene rings is 2. The molecule has 2 heterocycles. The molecule has 4 rings (SSSR count). The van der Waals surface area contributed by atoms with Crippen LogP contribution in [0.2, 0.25) is 0 Å². The summed E-state index contributed by atoms with van der Waals surface area (Å²) in [6.07, 6.45) is 0.641. The van der Waals surface area contributed by atoms with E-state index in [1.165, 1.54) is 0 Å². The van der Waals surface area contributed by atoms with E-state index in [9.17, 15) is 4.79 Å².